The molecule has 5 nitrogen and oxygen atoms in total. The quantitative estimate of drug-likeness (QED) is 0.846. The smallest absolute Gasteiger partial charge is 0.253 e. The zero-order valence-corrected chi connectivity index (χ0v) is 14.9. The minimum atomic E-state index is -0.351. The average molecular weight is 358 g/mol. The Balaban J connectivity index is 1.42. The predicted octanol–water partition coefficient (Wildman–Crippen LogP) is 3.13. The lowest BCUT2D eigenvalue weighted by molar-refractivity contribution is -0.145. The third kappa shape index (κ3) is 3.52. The largest absolute Gasteiger partial charge is 0.465 e. The lowest BCUT2D eigenvalue weighted by Gasteiger charge is -2.46. The molecule has 0 saturated carbocycles. The number of halogens is 1. The number of ether oxygens (including phenoxy) is 1. The fourth-order valence-corrected chi connectivity index (χ4v) is 3.81. The van der Waals surface area contributed by atoms with Crippen LogP contribution in [0.2, 0.25) is 0 Å². The van der Waals surface area contributed by atoms with E-state index in [4.69, 9.17) is 9.15 Å². The van der Waals surface area contributed by atoms with E-state index >= 15 is 0 Å². The molecular weight excluding hydrogens is 335 g/mol. The molecule has 26 heavy (non-hydrogen) atoms. The van der Waals surface area contributed by atoms with Crippen LogP contribution >= 0.6 is 0 Å². The molecule has 0 N–H and O–H groups in total. The SMILES string of the molecule is Cc1ccc(CN2CCC3(CC2)CN(c2cccc(F)c2)C(=O)CO3)o1. The van der Waals surface area contributed by atoms with Crippen LogP contribution in [0.3, 0.4) is 0 Å². The second-order valence-corrected chi connectivity index (χ2v) is 7.22. The number of rotatable bonds is 3. The summed E-state index contributed by atoms with van der Waals surface area (Å²) in [6, 6.07) is 10.2. The Bertz CT molecular complexity index is 796. The van der Waals surface area contributed by atoms with Gasteiger partial charge in [0.05, 0.1) is 18.7 Å². The molecule has 2 aromatic rings. The van der Waals surface area contributed by atoms with Crippen molar-refractivity contribution in [2.24, 2.45) is 0 Å². The third-order valence-corrected chi connectivity index (χ3v) is 5.31. The van der Waals surface area contributed by atoms with Crippen LogP contribution in [0.4, 0.5) is 10.1 Å². The average Bonchev–Trinajstić information content (AvgIpc) is 3.04. The van der Waals surface area contributed by atoms with Gasteiger partial charge >= 0.3 is 0 Å². The van der Waals surface area contributed by atoms with Gasteiger partial charge in [-0.05, 0) is 50.1 Å². The molecule has 2 aliphatic heterocycles. The first-order chi connectivity index (χ1) is 12.5. The van der Waals surface area contributed by atoms with E-state index in [-0.39, 0.29) is 23.9 Å². The topological polar surface area (TPSA) is 45.9 Å². The first-order valence-corrected chi connectivity index (χ1v) is 9.01. The summed E-state index contributed by atoms with van der Waals surface area (Å²) in [6.45, 7) is 5.02. The number of hydrogen-bond acceptors (Lipinski definition) is 4. The number of benzene rings is 1. The number of carbonyl (C=O) groups excluding carboxylic acids is 1. The fraction of sp³-hybridized carbons (Fsp3) is 0.450. The Morgan fingerprint density at radius 2 is 2.00 bits per heavy atom. The summed E-state index contributed by atoms with van der Waals surface area (Å²) in [5, 5.41) is 0. The Labute approximate surface area is 152 Å². The van der Waals surface area contributed by atoms with Crippen LogP contribution in [-0.4, -0.2) is 42.6 Å². The molecule has 0 radical (unpaired) electrons. The number of furan rings is 1. The molecule has 3 heterocycles. The van der Waals surface area contributed by atoms with Gasteiger partial charge in [-0.1, -0.05) is 6.07 Å². The summed E-state index contributed by atoms with van der Waals surface area (Å²) in [5.41, 5.74) is 0.252. The number of piperidine rings is 1. The van der Waals surface area contributed by atoms with Crippen molar-refractivity contribution in [2.45, 2.75) is 31.9 Å². The van der Waals surface area contributed by atoms with Crippen molar-refractivity contribution in [3.05, 3.63) is 53.7 Å². The highest BCUT2D eigenvalue weighted by molar-refractivity contribution is 5.95. The van der Waals surface area contributed by atoms with Gasteiger partial charge in [-0.15, -0.1) is 0 Å². The van der Waals surface area contributed by atoms with E-state index in [1.54, 1.807) is 17.0 Å². The van der Waals surface area contributed by atoms with Gasteiger partial charge in [0.1, 0.15) is 23.9 Å². The maximum absolute atomic E-state index is 13.6. The van der Waals surface area contributed by atoms with Crippen LogP contribution in [-0.2, 0) is 16.1 Å². The zero-order chi connectivity index (χ0) is 18.1. The summed E-state index contributed by atoms with van der Waals surface area (Å²) in [5.74, 6) is 1.45. The van der Waals surface area contributed by atoms with Gasteiger partial charge in [-0.2, -0.15) is 0 Å². The molecule has 1 spiro atoms. The van der Waals surface area contributed by atoms with Gasteiger partial charge in [0, 0.05) is 18.8 Å². The lowest BCUT2D eigenvalue weighted by Crippen LogP contribution is -2.58. The molecule has 0 unspecified atom stereocenters. The highest BCUT2D eigenvalue weighted by atomic mass is 19.1. The molecule has 0 bridgehead atoms. The minimum Gasteiger partial charge on any atom is -0.465 e. The van der Waals surface area contributed by atoms with E-state index in [2.05, 4.69) is 4.90 Å². The van der Waals surface area contributed by atoms with Crippen LogP contribution < -0.4 is 4.90 Å². The van der Waals surface area contributed by atoms with Gasteiger partial charge < -0.3 is 14.1 Å². The minimum absolute atomic E-state index is 0.0495. The maximum atomic E-state index is 13.6. The molecule has 1 amide bonds. The number of morpholine rings is 1. The summed E-state index contributed by atoms with van der Waals surface area (Å²) < 4.78 is 25.2. The highest BCUT2D eigenvalue weighted by Crippen LogP contribution is 2.33. The van der Waals surface area contributed by atoms with Crippen molar-refractivity contribution >= 4 is 11.6 Å². The van der Waals surface area contributed by atoms with Crippen molar-refractivity contribution in [2.75, 3.05) is 31.1 Å². The fourth-order valence-electron chi connectivity index (χ4n) is 3.81. The monoisotopic (exact) mass is 358 g/mol. The molecule has 2 saturated heterocycles. The number of likely N-dealkylation sites (tertiary alicyclic amines) is 1. The van der Waals surface area contributed by atoms with Crippen molar-refractivity contribution in [3.63, 3.8) is 0 Å². The number of hydrogen-bond donors (Lipinski definition) is 0. The molecule has 0 atom stereocenters. The van der Waals surface area contributed by atoms with E-state index in [0.29, 0.717) is 12.2 Å². The van der Waals surface area contributed by atoms with Gasteiger partial charge in [0.2, 0.25) is 0 Å². The van der Waals surface area contributed by atoms with Gasteiger partial charge in [0.25, 0.3) is 5.91 Å². The summed E-state index contributed by atoms with van der Waals surface area (Å²) in [7, 11) is 0. The van der Waals surface area contributed by atoms with Crippen molar-refractivity contribution in [1.29, 1.82) is 0 Å². The van der Waals surface area contributed by atoms with Gasteiger partial charge in [0.15, 0.2) is 0 Å². The number of nitrogens with zero attached hydrogens (tertiary/aromatic N) is 2. The van der Waals surface area contributed by atoms with E-state index in [0.717, 1.165) is 44.0 Å². The van der Waals surface area contributed by atoms with Crippen LogP contribution in [0.1, 0.15) is 24.4 Å². The Kier molecular flexibility index (Phi) is 4.54. The van der Waals surface area contributed by atoms with Crippen molar-refractivity contribution in [1.82, 2.24) is 4.90 Å². The molecule has 2 fully saturated rings. The number of carbonyl (C=O) groups is 1. The summed E-state index contributed by atoms with van der Waals surface area (Å²) >= 11 is 0. The van der Waals surface area contributed by atoms with Gasteiger partial charge in [-0.25, -0.2) is 4.39 Å². The van der Waals surface area contributed by atoms with Crippen molar-refractivity contribution < 1.29 is 18.3 Å². The van der Waals surface area contributed by atoms with E-state index in [9.17, 15) is 9.18 Å². The molecular formula is C20H23FN2O3. The molecule has 6 heteroatoms. The number of aryl methyl sites for hydroxylation is 1. The Hall–Kier alpha value is -2.18. The van der Waals surface area contributed by atoms with Crippen LogP contribution in [0.15, 0.2) is 40.8 Å². The van der Waals surface area contributed by atoms with E-state index in [1.807, 2.05) is 19.1 Å². The molecule has 1 aromatic heterocycles. The maximum Gasteiger partial charge on any atom is 0.253 e. The highest BCUT2D eigenvalue weighted by Gasteiger charge is 2.42. The third-order valence-electron chi connectivity index (χ3n) is 5.31. The second kappa shape index (κ2) is 6.85. The summed E-state index contributed by atoms with van der Waals surface area (Å²) in [4.78, 5) is 16.3. The summed E-state index contributed by atoms with van der Waals surface area (Å²) in [6.07, 6.45) is 1.68. The number of anilines is 1. The van der Waals surface area contributed by atoms with Crippen molar-refractivity contribution in [3.8, 4) is 0 Å². The predicted molar refractivity (Wildman–Crippen MR) is 95.4 cm³/mol. The standard InChI is InChI=1S/C20H23FN2O3/c1-15-5-6-18(26-15)12-22-9-7-20(8-10-22)14-23(19(24)13-25-20)17-4-2-3-16(21)11-17/h2-6,11H,7-10,12-14H2,1H3. The first kappa shape index (κ1) is 17.2. The molecule has 138 valence electrons. The van der Waals surface area contributed by atoms with Crippen LogP contribution in [0, 0.1) is 12.7 Å². The Morgan fingerprint density at radius 3 is 2.69 bits per heavy atom. The first-order valence-electron chi connectivity index (χ1n) is 9.01. The molecule has 4 rings (SSSR count). The van der Waals surface area contributed by atoms with Crippen LogP contribution in [0.25, 0.3) is 0 Å². The van der Waals surface area contributed by atoms with E-state index in [1.165, 1.54) is 12.1 Å². The second-order valence-electron chi connectivity index (χ2n) is 7.22. The zero-order valence-electron chi connectivity index (χ0n) is 14.9. The lowest BCUT2D eigenvalue weighted by atomic mass is 9.89. The van der Waals surface area contributed by atoms with Crippen LogP contribution in [0.5, 0.6) is 0 Å². The van der Waals surface area contributed by atoms with E-state index < -0.39 is 0 Å². The Morgan fingerprint density at radius 1 is 1.19 bits per heavy atom. The molecule has 1 aromatic carbocycles. The molecule has 2 aliphatic rings. The van der Waals surface area contributed by atoms with Gasteiger partial charge in [-0.3, -0.25) is 9.69 Å². The number of amides is 1. The molecule has 0 aliphatic carbocycles. The normalized spacial score (nSPS) is 20.7.